The maximum atomic E-state index is 12.9. The number of halogens is 3. The lowest BCUT2D eigenvalue weighted by Crippen LogP contribution is -2.30. The Labute approximate surface area is 114 Å². The number of nitrogens with one attached hydrogen (secondary N) is 2. The van der Waals surface area contributed by atoms with Gasteiger partial charge in [-0.2, -0.15) is 0 Å². The summed E-state index contributed by atoms with van der Waals surface area (Å²) in [5.74, 6) is -0.872. The van der Waals surface area contributed by atoms with Crippen LogP contribution in [0, 0.1) is 5.82 Å². The van der Waals surface area contributed by atoms with Crippen molar-refractivity contribution in [2.24, 2.45) is 0 Å². The van der Waals surface area contributed by atoms with E-state index in [9.17, 15) is 9.18 Å². The third-order valence-electron chi connectivity index (χ3n) is 2.04. The second-order valence-electron chi connectivity index (χ2n) is 3.46. The summed E-state index contributed by atoms with van der Waals surface area (Å²) in [4.78, 5) is 11.5. The summed E-state index contributed by atoms with van der Waals surface area (Å²) in [6, 6.07) is 2.17. The fraction of sp³-hybridized carbons (Fsp3) is 0.364. The summed E-state index contributed by atoms with van der Waals surface area (Å²) in [5.41, 5.74) is 0.207. The molecule has 0 bridgehead atoms. The zero-order chi connectivity index (χ0) is 13.5. The van der Waals surface area contributed by atoms with Gasteiger partial charge in [-0.15, -0.1) is 0 Å². The van der Waals surface area contributed by atoms with Gasteiger partial charge in [0.05, 0.1) is 28.9 Å². The number of anilines is 1. The Hall–Kier alpha value is -0.880. The van der Waals surface area contributed by atoms with Gasteiger partial charge in [0.1, 0.15) is 5.82 Å². The van der Waals surface area contributed by atoms with Crippen molar-refractivity contribution in [2.75, 3.05) is 32.1 Å². The van der Waals surface area contributed by atoms with E-state index in [0.717, 1.165) is 12.1 Å². The van der Waals surface area contributed by atoms with Crippen LogP contribution in [0.5, 0.6) is 0 Å². The fourth-order valence-electron chi connectivity index (χ4n) is 1.22. The number of ether oxygens (including phenoxy) is 1. The van der Waals surface area contributed by atoms with Crippen LogP contribution in [0.2, 0.25) is 10.0 Å². The smallest absolute Gasteiger partial charge is 0.238 e. The normalized spacial score (nSPS) is 10.4. The topological polar surface area (TPSA) is 50.4 Å². The number of rotatable bonds is 6. The van der Waals surface area contributed by atoms with Crippen LogP contribution in [0.4, 0.5) is 10.1 Å². The highest BCUT2D eigenvalue weighted by Crippen LogP contribution is 2.31. The standard InChI is InChI=1S/C11H13Cl2FN2O2/c1-18-3-2-15-6-10(17)16-11-8(12)4-7(14)5-9(11)13/h4-5,15H,2-3,6H2,1H3,(H,16,17). The highest BCUT2D eigenvalue weighted by molar-refractivity contribution is 6.39. The molecule has 0 aliphatic carbocycles. The molecule has 0 aliphatic rings. The first kappa shape index (κ1) is 15.2. The van der Waals surface area contributed by atoms with Gasteiger partial charge < -0.3 is 15.4 Å². The van der Waals surface area contributed by atoms with Crippen LogP contribution >= 0.6 is 23.2 Å². The second kappa shape index (κ2) is 7.53. The van der Waals surface area contributed by atoms with Gasteiger partial charge in [-0.05, 0) is 12.1 Å². The van der Waals surface area contributed by atoms with Crippen LogP contribution < -0.4 is 10.6 Å². The molecule has 1 amide bonds. The average Bonchev–Trinajstić information content (AvgIpc) is 2.29. The molecule has 1 aromatic rings. The molecule has 2 N–H and O–H groups in total. The summed E-state index contributed by atoms with van der Waals surface area (Å²) < 4.78 is 17.7. The van der Waals surface area contributed by atoms with Gasteiger partial charge in [-0.3, -0.25) is 4.79 Å². The lowest BCUT2D eigenvalue weighted by Gasteiger charge is -2.10. The second-order valence-corrected chi connectivity index (χ2v) is 4.28. The van der Waals surface area contributed by atoms with Crippen LogP contribution in [-0.4, -0.2) is 32.7 Å². The summed E-state index contributed by atoms with van der Waals surface area (Å²) in [6.07, 6.45) is 0. The molecule has 0 aromatic heterocycles. The van der Waals surface area contributed by atoms with Gasteiger partial charge >= 0.3 is 0 Å². The zero-order valence-electron chi connectivity index (χ0n) is 9.73. The third-order valence-corrected chi connectivity index (χ3v) is 2.64. The number of benzene rings is 1. The third kappa shape index (κ3) is 4.78. The molecule has 0 heterocycles. The van der Waals surface area contributed by atoms with E-state index in [1.807, 2.05) is 0 Å². The average molecular weight is 295 g/mol. The Bertz CT molecular complexity index is 406. The van der Waals surface area contributed by atoms with Crippen molar-refractivity contribution < 1.29 is 13.9 Å². The molecule has 0 saturated heterocycles. The van der Waals surface area contributed by atoms with Crippen LogP contribution in [0.25, 0.3) is 0 Å². The number of carbonyl (C=O) groups is 1. The molecule has 0 unspecified atom stereocenters. The molecule has 0 atom stereocenters. The minimum atomic E-state index is -0.554. The molecular formula is C11H13Cl2FN2O2. The monoisotopic (exact) mass is 294 g/mol. The largest absolute Gasteiger partial charge is 0.383 e. The Kier molecular flexibility index (Phi) is 6.35. The van der Waals surface area contributed by atoms with Gasteiger partial charge in [0.25, 0.3) is 0 Å². The quantitative estimate of drug-likeness (QED) is 0.792. The first-order valence-electron chi connectivity index (χ1n) is 5.18. The van der Waals surface area contributed by atoms with Crippen LogP contribution in [0.1, 0.15) is 0 Å². The molecule has 1 rings (SSSR count). The summed E-state index contributed by atoms with van der Waals surface area (Å²) in [5, 5.41) is 5.49. The van der Waals surface area contributed by atoms with Gasteiger partial charge in [0.2, 0.25) is 5.91 Å². The van der Waals surface area contributed by atoms with E-state index in [-0.39, 0.29) is 28.2 Å². The molecular weight excluding hydrogens is 282 g/mol. The van der Waals surface area contributed by atoms with Crippen molar-refractivity contribution in [2.45, 2.75) is 0 Å². The molecule has 0 aliphatic heterocycles. The van der Waals surface area contributed by atoms with Crippen molar-refractivity contribution in [3.8, 4) is 0 Å². The molecule has 0 fully saturated rings. The summed E-state index contributed by atoms with van der Waals surface area (Å²) >= 11 is 11.6. The van der Waals surface area contributed by atoms with Gasteiger partial charge in [0, 0.05) is 13.7 Å². The van der Waals surface area contributed by atoms with Crippen molar-refractivity contribution >= 4 is 34.8 Å². The van der Waals surface area contributed by atoms with Crippen molar-refractivity contribution in [1.29, 1.82) is 0 Å². The lowest BCUT2D eigenvalue weighted by molar-refractivity contribution is -0.115. The number of amides is 1. The predicted octanol–water partition coefficient (Wildman–Crippen LogP) is 2.31. The molecule has 0 radical (unpaired) electrons. The van der Waals surface area contributed by atoms with Crippen molar-refractivity contribution in [1.82, 2.24) is 5.32 Å². The molecule has 18 heavy (non-hydrogen) atoms. The van der Waals surface area contributed by atoms with Gasteiger partial charge in [0.15, 0.2) is 0 Å². The molecule has 1 aromatic carbocycles. The van der Waals surface area contributed by atoms with E-state index in [1.54, 1.807) is 7.11 Å². The fourth-order valence-corrected chi connectivity index (χ4v) is 1.78. The van der Waals surface area contributed by atoms with E-state index in [4.69, 9.17) is 27.9 Å². The minimum Gasteiger partial charge on any atom is -0.383 e. The number of methoxy groups -OCH3 is 1. The SMILES string of the molecule is COCCNCC(=O)Nc1c(Cl)cc(F)cc1Cl. The molecule has 100 valence electrons. The lowest BCUT2D eigenvalue weighted by atomic mass is 10.3. The molecule has 0 spiro atoms. The maximum absolute atomic E-state index is 12.9. The van der Waals surface area contributed by atoms with E-state index in [1.165, 1.54) is 0 Å². The molecule has 7 heteroatoms. The van der Waals surface area contributed by atoms with Gasteiger partial charge in [-0.1, -0.05) is 23.2 Å². The zero-order valence-corrected chi connectivity index (χ0v) is 11.2. The number of carbonyl (C=O) groups excluding carboxylic acids is 1. The molecule has 0 saturated carbocycles. The van der Waals surface area contributed by atoms with Crippen LogP contribution in [0.15, 0.2) is 12.1 Å². The van der Waals surface area contributed by atoms with E-state index >= 15 is 0 Å². The summed E-state index contributed by atoms with van der Waals surface area (Å²) in [6.45, 7) is 1.15. The Balaban J connectivity index is 2.54. The Morgan fingerprint density at radius 1 is 1.39 bits per heavy atom. The van der Waals surface area contributed by atoms with E-state index < -0.39 is 5.82 Å². The van der Waals surface area contributed by atoms with E-state index in [2.05, 4.69) is 10.6 Å². The number of hydrogen-bond donors (Lipinski definition) is 2. The van der Waals surface area contributed by atoms with Crippen LogP contribution in [-0.2, 0) is 9.53 Å². The Morgan fingerprint density at radius 2 is 2.00 bits per heavy atom. The molecule has 4 nitrogen and oxygen atoms in total. The first-order valence-corrected chi connectivity index (χ1v) is 5.94. The highest BCUT2D eigenvalue weighted by Gasteiger charge is 2.11. The minimum absolute atomic E-state index is 0.0604. The van der Waals surface area contributed by atoms with E-state index in [0.29, 0.717) is 13.2 Å². The summed E-state index contributed by atoms with van der Waals surface area (Å²) in [7, 11) is 1.57. The van der Waals surface area contributed by atoms with Gasteiger partial charge in [-0.25, -0.2) is 4.39 Å². The van der Waals surface area contributed by atoms with Crippen molar-refractivity contribution in [3.63, 3.8) is 0 Å². The number of hydrogen-bond acceptors (Lipinski definition) is 3. The maximum Gasteiger partial charge on any atom is 0.238 e. The first-order chi connectivity index (χ1) is 8.54. The predicted molar refractivity (Wildman–Crippen MR) is 69.8 cm³/mol. The highest BCUT2D eigenvalue weighted by atomic mass is 35.5. The van der Waals surface area contributed by atoms with Crippen LogP contribution in [0.3, 0.4) is 0 Å². The Morgan fingerprint density at radius 3 is 2.56 bits per heavy atom. The van der Waals surface area contributed by atoms with Crippen molar-refractivity contribution in [3.05, 3.63) is 28.0 Å².